The highest BCUT2D eigenvalue weighted by Crippen LogP contribution is 2.30. The van der Waals surface area contributed by atoms with Crippen molar-refractivity contribution in [1.29, 1.82) is 0 Å². The molecule has 2 rings (SSSR count). The Kier molecular flexibility index (Phi) is 2.34. The van der Waals surface area contributed by atoms with Crippen molar-refractivity contribution >= 4 is 17.2 Å². The Bertz CT molecular complexity index is 407. The highest BCUT2D eigenvalue weighted by molar-refractivity contribution is 7.13. The van der Waals surface area contributed by atoms with E-state index in [-0.39, 0.29) is 11.4 Å². The van der Waals surface area contributed by atoms with Crippen molar-refractivity contribution in [3.8, 4) is 0 Å². The van der Waals surface area contributed by atoms with Crippen LogP contribution in [-0.2, 0) is 6.42 Å². The summed E-state index contributed by atoms with van der Waals surface area (Å²) >= 11 is 1.53. The molecule has 0 aromatic carbocycles. The van der Waals surface area contributed by atoms with Gasteiger partial charge in [0.2, 0.25) is 0 Å². The maximum atomic E-state index is 11.8. The number of aromatic nitrogens is 1. The van der Waals surface area contributed by atoms with Gasteiger partial charge in [0.1, 0.15) is 4.88 Å². The molecule has 0 spiro atoms. The summed E-state index contributed by atoms with van der Waals surface area (Å²) < 4.78 is 0. The number of thiazole rings is 1. The molecule has 0 saturated carbocycles. The molecule has 4 heteroatoms. The van der Waals surface area contributed by atoms with Crippen LogP contribution in [-0.4, -0.2) is 16.4 Å². The van der Waals surface area contributed by atoms with E-state index in [1.807, 2.05) is 13.8 Å². The Morgan fingerprint density at radius 2 is 2.13 bits per heavy atom. The van der Waals surface area contributed by atoms with Crippen LogP contribution in [0.4, 0.5) is 0 Å². The van der Waals surface area contributed by atoms with Gasteiger partial charge in [0.25, 0.3) is 5.91 Å². The Hall–Kier alpha value is -0.900. The SMILES string of the molecule is CC(C)c1nc2c(s1)C(=O)NC(C)(C)C2. The molecule has 1 amide bonds. The molecule has 15 heavy (non-hydrogen) atoms. The Balaban J connectivity index is 2.43. The molecular weight excluding hydrogens is 208 g/mol. The van der Waals surface area contributed by atoms with Gasteiger partial charge in [-0.15, -0.1) is 11.3 Å². The standard InChI is InChI=1S/C11H16N2OS/c1-6(2)10-12-7-5-11(3,4)13-9(14)8(7)15-10/h6H,5H2,1-4H3,(H,13,14). The monoisotopic (exact) mass is 224 g/mol. The van der Waals surface area contributed by atoms with Crippen LogP contribution in [0, 0.1) is 0 Å². The van der Waals surface area contributed by atoms with Gasteiger partial charge in [-0.2, -0.15) is 0 Å². The largest absolute Gasteiger partial charge is 0.346 e. The molecule has 0 bridgehead atoms. The number of hydrogen-bond acceptors (Lipinski definition) is 3. The molecular formula is C11H16N2OS. The van der Waals surface area contributed by atoms with E-state index in [0.29, 0.717) is 5.92 Å². The van der Waals surface area contributed by atoms with Crippen LogP contribution < -0.4 is 5.32 Å². The van der Waals surface area contributed by atoms with Gasteiger partial charge < -0.3 is 5.32 Å². The molecule has 0 unspecified atom stereocenters. The number of rotatable bonds is 1. The third-order valence-corrected chi connectivity index (χ3v) is 3.87. The van der Waals surface area contributed by atoms with Crippen molar-refractivity contribution in [2.24, 2.45) is 0 Å². The van der Waals surface area contributed by atoms with Gasteiger partial charge in [0.15, 0.2) is 0 Å². The summed E-state index contributed by atoms with van der Waals surface area (Å²) in [6.07, 6.45) is 0.831. The van der Waals surface area contributed by atoms with Crippen molar-refractivity contribution in [3.63, 3.8) is 0 Å². The van der Waals surface area contributed by atoms with Crippen molar-refractivity contribution in [2.45, 2.75) is 45.6 Å². The minimum Gasteiger partial charge on any atom is -0.346 e. The molecule has 2 heterocycles. The topological polar surface area (TPSA) is 42.0 Å². The van der Waals surface area contributed by atoms with Crippen LogP contribution >= 0.6 is 11.3 Å². The van der Waals surface area contributed by atoms with E-state index >= 15 is 0 Å². The fourth-order valence-corrected chi connectivity index (χ4v) is 2.72. The highest BCUT2D eigenvalue weighted by Gasteiger charge is 2.33. The molecule has 1 aliphatic heterocycles. The first-order chi connectivity index (χ1) is 6.89. The first-order valence-corrected chi connectivity index (χ1v) is 6.03. The zero-order chi connectivity index (χ0) is 11.2. The number of nitrogens with zero attached hydrogens (tertiary/aromatic N) is 1. The molecule has 1 aromatic heterocycles. The van der Waals surface area contributed by atoms with Gasteiger partial charge in [-0.1, -0.05) is 13.8 Å². The van der Waals surface area contributed by atoms with Crippen LogP contribution in [0.1, 0.15) is 54.0 Å². The zero-order valence-electron chi connectivity index (χ0n) is 9.55. The molecule has 0 aliphatic carbocycles. The number of carbonyl (C=O) groups is 1. The van der Waals surface area contributed by atoms with E-state index in [4.69, 9.17) is 0 Å². The smallest absolute Gasteiger partial charge is 0.263 e. The van der Waals surface area contributed by atoms with Crippen molar-refractivity contribution < 1.29 is 4.79 Å². The fraction of sp³-hybridized carbons (Fsp3) is 0.636. The van der Waals surface area contributed by atoms with Gasteiger partial charge in [-0.25, -0.2) is 4.98 Å². The number of carbonyl (C=O) groups excluding carboxylic acids is 1. The summed E-state index contributed by atoms with van der Waals surface area (Å²) in [5.41, 5.74) is 0.810. The van der Waals surface area contributed by atoms with Gasteiger partial charge in [0.05, 0.1) is 10.7 Å². The second-order valence-electron chi connectivity index (χ2n) is 5.00. The fourth-order valence-electron chi connectivity index (χ4n) is 1.74. The summed E-state index contributed by atoms with van der Waals surface area (Å²) in [5.74, 6) is 0.433. The lowest BCUT2D eigenvalue weighted by Crippen LogP contribution is -2.48. The van der Waals surface area contributed by atoms with Crippen LogP contribution in [0.2, 0.25) is 0 Å². The number of nitrogens with one attached hydrogen (secondary N) is 1. The normalized spacial score (nSPS) is 18.9. The molecule has 82 valence electrons. The van der Waals surface area contributed by atoms with E-state index in [1.54, 1.807) is 0 Å². The summed E-state index contributed by atoms with van der Waals surface area (Å²) in [6.45, 7) is 8.27. The highest BCUT2D eigenvalue weighted by atomic mass is 32.1. The molecule has 0 saturated heterocycles. The van der Waals surface area contributed by atoms with E-state index in [9.17, 15) is 4.79 Å². The first kappa shape index (κ1) is 10.6. The third kappa shape index (κ3) is 1.91. The summed E-state index contributed by atoms with van der Waals surface area (Å²) in [6, 6.07) is 0. The molecule has 0 atom stereocenters. The van der Waals surface area contributed by atoms with Gasteiger partial charge in [-0.3, -0.25) is 4.79 Å². The van der Waals surface area contributed by atoms with Gasteiger partial charge in [0, 0.05) is 17.9 Å². The van der Waals surface area contributed by atoms with E-state index in [1.165, 1.54) is 11.3 Å². The van der Waals surface area contributed by atoms with Gasteiger partial charge >= 0.3 is 0 Å². The quantitative estimate of drug-likeness (QED) is 0.795. The third-order valence-electron chi connectivity index (χ3n) is 2.48. The Morgan fingerprint density at radius 1 is 1.47 bits per heavy atom. The van der Waals surface area contributed by atoms with Crippen LogP contribution in [0.3, 0.4) is 0 Å². The van der Waals surface area contributed by atoms with Crippen molar-refractivity contribution in [1.82, 2.24) is 10.3 Å². The van der Waals surface area contributed by atoms with Crippen molar-refractivity contribution in [2.75, 3.05) is 0 Å². The molecule has 1 aliphatic rings. The van der Waals surface area contributed by atoms with Crippen LogP contribution in [0.15, 0.2) is 0 Å². The second-order valence-corrected chi connectivity index (χ2v) is 6.03. The van der Waals surface area contributed by atoms with Crippen LogP contribution in [0.25, 0.3) is 0 Å². The molecule has 1 aromatic rings. The predicted octanol–water partition coefficient (Wildman–Crippen LogP) is 2.33. The molecule has 1 N–H and O–H groups in total. The number of amides is 1. The number of hydrogen-bond donors (Lipinski definition) is 1. The maximum absolute atomic E-state index is 11.8. The zero-order valence-corrected chi connectivity index (χ0v) is 10.4. The molecule has 0 radical (unpaired) electrons. The van der Waals surface area contributed by atoms with E-state index in [0.717, 1.165) is 22.0 Å². The Labute approximate surface area is 93.9 Å². The lowest BCUT2D eigenvalue weighted by atomic mass is 9.94. The number of fused-ring (bicyclic) bond motifs is 1. The minimum atomic E-state index is -0.160. The minimum absolute atomic E-state index is 0.0330. The van der Waals surface area contributed by atoms with E-state index < -0.39 is 0 Å². The lowest BCUT2D eigenvalue weighted by molar-refractivity contribution is 0.0901. The summed E-state index contributed by atoms with van der Waals surface area (Å²) in [4.78, 5) is 17.2. The van der Waals surface area contributed by atoms with Crippen molar-refractivity contribution in [3.05, 3.63) is 15.6 Å². The Morgan fingerprint density at radius 3 is 2.73 bits per heavy atom. The lowest BCUT2D eigenvalue weighted by Gasteiger charge is -2.29. The maximum Gasteiger partial charge on any atom is 0.263 e. The second kappa shape index (κ2) is 3.30. The molecule has 0 fully saturated rings. The average molecular weight is 224 g/mol. The van der Waals surface area contributed by atoms with Crippen LogP contribution in [0.5, 0.6) is 0 Å². The molecule has 3 nitrogen and oxygen atoms in total. The summed E-state index contributed by atoms with van der Waals surface area (Å²) in [5, 5.41) is 4.06. The van der Waals surface area contributed by atoms with Gasteiger partial charge in [-0.05, 0) is 13.8 Å². The predicted molar refractivity (Wildman–Crippen MR) is 61.5 cm³/mol. The first-order valence-electron chi connectivity index (χ1n) is 5.21. The average Bonchev–Trinajstić information content (AvgIpc) is 2.45. The summed E-state index contributed by atoms with van der Waals surface area (Å²) in [7, 11) is 0. The van der Waals surface area contributed by atoms with E-state index in [2.05, 4.69) is 24.1 Å².